The maximum Gasteiger partial charge on any atom is 0.290 e. The number of para-hydroxylation sites is 1. The summed E-state index contributed by atoms with van der Waals surface area (Å²) in [6.07, 6.45) is 2.42. The van der Waals surface area contributed by atoms with Crippen molar-refractivity contribution in [2.24, 2.45) is 0 Å². The normalized spacial score (nSPS) is 17.9. The van der Waals surface area contributed by atoms with Crippen molar-refractivity contribution in [2.75, 3.05) is 53.1 Å². The number of carbonyl (C=O) groups excluding carboxylic acids is 1. The third-order valence-electron chi connectivity index (χ3n) is 6.71. The zero-order valence-electron chi connectivity index (χ0n) is 20.4. The lowest BCUT2D eigenvalue weighted by molar-refractivity contribution is 0.0353. The van der Waals surface area contributed by atoms with E-state index in [0.29, 0.717) is 41.2 Å². The minimum atomic E-state index is -0.583. The van der Waals surface area contributed by atoms with Crippen molar-refractivity contribution in [1.82, 2.24) is 9.80 Å². The van der Waals surface area contributed by atoms with Crippen molar-refractivity contribution in [3.05, 3.63) is 82.2 Å². The summed E-state index contributed by atoms with van der Waals surface area (Å²) >= 11 is 0. The number of morpholine rings is 1. The Hall–Kier alpha value is -3.62. The molecule has 2 aliphatic heterocycles. The number of ether oxygens (including phenoxy) is 3. The van der Waals surface area contributed by atoms with Crippen LogP contribution in [0.1, 0.15) is 34.1 Å². The van der Waals surface area contributed by atoms with E-state index in [1.807, 2.05) is 12.1 Å². The summed E-state index contributed by atoms with van der Waals surface area (Å²) in [6.45, 7) is 8.56. The molecular weight excluding hydrogens is 460 g/mol. The predicted molar refractivity (Wildman–Crippen MR) is 136 cm³/mol. The van der Waals surface area contributed by atoms with Crippen LogP contribution in [0.2, 0.25) is 0 Å². The van der Waals surface area contributed by atoms with E-state index in [9.17, 15) is 9.59 Å². The van der Waals surface area contributed by atoms with Gasteiger partial charge in [0, 0.05) is 26.2 Å². The van der Waals surface area contributed by atoms with Gasteiger partial charge in [0.1, 0.15) is 12.2 Å². The summed E-state index contributed by atoms with van der Waals surface area (Å²) in [4.78, 5) is 31.3. The Labute approximate surface area is 209 Å². The molecule has 0 radical (unpaired) electrons. The van der Waals surface area contributed by atoms with Gasteiger partial charge in [-0.25, -0.2) is 0 Å². The molecule has 1 unspecified atom stereocenters. The Bertz CT molecular complexity index is 1330. The van der Waals surface area contributed by atoms with Crippen molar-refractivity contribution in [2.45, 2.75) is 12.5 Å². The van der Waals surface area contributed by atoms with Crippen molar-refractivity contribution in [1.29, 1.82) is 0 Å². The second-order valence-electron chi connectivity index (χ2n) is 8.89. The fraction of sp³-hybridized carbons (Fsp3) is 0.357. The third-order valence-corrected chi connectivity index (χ3v) is 6.71. The van der Waals surface area contributed by atoms with Gasteiger partial charge in [0.15, 0.2) is 16.9 Å². The number of methoxy groups -OCH3 is 1. The summed E-state index contributed by atoms with van der Waals surface area (Å²) in [5.74, 6) is 0.926. The van der Waals surface area contributed by atoms with Gasteiger partial charge in [0.05, 0.1) is 37.3 Å². The Kier molecular flexibility index (Phi) is 7.06. The summed E-state index contributed by atoms with van der Waals surface area (Å²) in [5.41, 5.74) is 1.35. The molecule has 1 atom stereocenters. The standard InChI is InChI=1S/C28H30N2O6/c1-3-15-35-22-10-9-19(18-23(22)33-2)25-24-26(31)20-7-4-5-8-21(20)36-27(24)28(32)30(25)12-6-11-29-13-16-34-17-14-29/h3-5,7-10,18,25H,1,6,11-17H2,2H3. The molecule has 1 aromatic heterocycles. The summed E-state index contributed by atoms with van der Waals surface area (Å²) < 4.78 is 22.7. The molecule has 0 N–H and O–H groups in total. The molecule has 1 saturated heterocycles. The van der Waals surface area contributed by atoms with Crippen molar-refractivity contribution in [3.63, 3.8) is 0 Å². The fourth-order valence-electron chi connectivity index (χ4n) is 4.96. The third kappa shape index (κ3) is 4.50. The van der Waals surface area contributed by atoms with Crippen LogP contribution in [-0.2, 0) is 4.74 Å². The largest absolute Gasteiger partial charge is 0.493 e. The lowest BCUT2D eigenvalue weighted by Crippen LogP contribution is -2.38. The van der Waals surface area contributed by atoms with Gasteiger partial charge < -0.3 is 23.5 Å². The van der Waals surface area contributed by atoms with Crippen LogP contribution in [0.4, 0.5) is 0 Å². The zero-order chi connectivity index (χ0) is 25.1. The van der Waals surface area contributed by atoms with Crippen LogP contribution in [0.25, 0.3) is 11.0 Å². The van der Waals surface area contributed by atoms with Crippen LogP contribution in [0, 0.1) is 0 Å². The van der Waals surface area contributed by atoms with Gasteiger partial charge in [-0.3, -0.25) is 14.5 Å². The van der Waals surface area contributed by atoms with E-state index in [0.717, 1.165) is 44.8 Å². The van der Waals surface area contributed by atoms with Crippen LogP contribution < -0.4 is 14.9 Å². The number of nitrogens with zero attached hydrogens (tertiary/aromatic N) is 2. The number of benzene rings is 2. The first-order valence-corrected chi connectivity index (χ1v) is 12.2. The molecule has 0 bridgehead atoms. The highest BCUT2D eigenvalue weighted by Crippen LogP contribution is 2.41. The highest BCUT2D eigenvalue weighted by molar-refractivity contribution is 5.99. The molecule has 8 heteroatoms. The van der Waals surface area contributed by atoms with Crippen LogP contribution in [0.3, 0.4) is 0 Å². The average molecular weight is 491 g/mol. The van der Waals surface area contributed by atoms with Gasteiger partial charge >= 0.3 is 0 Å². The first-order chi connectivity index (χ1) is 17.6. The monoisotopic (exact) mass is 490 g/mol. The zero-order valence-corrected chi connectivity index (χ0v) is 20.4. The number of carbonyl (C=O) groups is 1. The van der Waals surface area contributed by atoms with Crippen LogP contribution in [0.15, 0.2) is 64.3 Å². The number of fused-ring (bicyclic) bond motifs is 2. The van der Waals surface area contributed by atoms with Gasteiger partial charge in [-0.15, -0.1) is 0 Å². The van der Waals surface area contributed by atoms with Gasteiger partial charge in [-0.1, -0.05) is 30.9 Å². The molecule has 188 valence electrons. The average Bonchev–Trinajstić information content (AvgIpc) is 3.19. The Balaban J connectivity index is 1.54. The Morgan fingerprint density at radius 2 is 1.89 bits per heavy atom. The van der Waals surface area contributed by atoms with Crippen LogP contribution in [-0.4, -0.2) is 68.8 Å². The van der Waals surface area contributed by atoms with E-state index in [2.05, 4.69) is 11.5 Å². The molecule has 8 nitrogen and oxygen atoms in total. The summed E-state index contributed by atoms with van der Waals surface area (Å²) in [7, 11) is 1.57. The van der Waals surface area contributed by atoms with E-state index in [1.54, 1.807) is 48.4 Å². The SMILES string of the molecule is C=CCOc1ccc(C2c3c(oc4ccccc4c3=O)C(=O)N2CCCN2CCOCC2)cc1OC. The molecule has 1 fully saturated rings. The highest BCUT2D eigenvalue weighted by atomic mass is 16.5. The van der Waals surface area contributed by atoms with Crippen LogP contribution >= 0.6 is 0 Å². The Morgan fingerprint density at radius 3 is 2.67 bits per heavy atom. The minimum Gasteiger partial charge on any atom is -0.493 e. The topological polar surface area (TPSA) is 81.5 Å². The molecule has 0 aliphatic carbocycles. The van der Waals surface area contributed by atoms with E-state index >= 15 is 0 Å². The molecule has 2 aliphatic rings. The van der Waals surface area contributed by atoms with E-state index in [4.69, 9.17) is 18.6 Å². The first kappa shape index (κ1) is 24.1. The van der Waals surface area contributed by atoms with Crippen molar-refractivity contribution >= 4 is 16.9 Å². The second-order valence-corrected chi connectivity index (χ2v) is 8.89. The molecule has 3 heterocycles. The molecule has 1 amide bonds. The number of rotatable bonds is 9. The van der Waals surface area contributed by atoms with E-state index in [-0.39, 0.29) is 17.1 Å². The van der Waals surface area contributed by atoms with E-state index < -0.39 is 6.04 Å². The summed E-state index contributed by atoms with van der Waals surface area (Å²) in [6, 6.07) is 12.0. The molecule has 0 spiro atoms. The first-order valence-electron chi connectivity index (χ1n) is 12.2. The number of hydrogen-bond acceptors (Lipinski definition) is 7. The molecule has 0 saturated carbocycles. The second kappa shape index (κ2) is 10.6. The maximum absolute atomic E-state index is 13.7. The van der Waals surface area contributed by atoms with Gasteiger partial charge in [-0.05, 0) is 36.2 Å². The van der Waals surface area contributed by atoms with Gasteiger partial charge in [0.25, 0.3) is 5.91 Å². The fourth-order valence-corrected chi connectivity index (χ4v) is 4.96. The Morgan fingerprint density at radius 1 is 1.08 bits per heavy atom. The quantitative estimate of drug-likeness (QED) is 0.424. The van der Waals surface area contributed by atoms with Gasteiger partial charge in [-0.2, -0.15) is 0 Å². The van der Waals surface area contributed by atoms with E-state index in [1.165, 1.54) is 0 Å². The van der Waals surface area contributed by atoms with Crippen molar-refractivity contribution < 1.29 is 23.4 Å². The predicted octanol–water partition coefficient (Wildman–Crippen LogP) is 3.63. The number of amides is 1. The lowest BCUT2D eigenvalue weighted by atomic mass is 9.98. The number of hydrogen-bond donors (Lipinski definition) is 0. The van der Waals surface area contributed by atoms with Crippen LogP contribution in [0.5, 0.6) is 11.5 Å². The summed E-state index contributed by atoms with van der Waals surface area (Å²) in [5, 5.41) is 0.460. The maximum atomic E-state index is 13.7. The molecule has 5 rings (SSSR count). The highest BCUT2D eigenvalue weighted by Gasteiger charge is 2.42. The minimum absolute atomic E-state index is 0.112. The molecule has 36 heavy (non-hydrogen) atoms. The smallest absolute Gasteiger partial charge is 0.290 e. The molecule has 2 aromatic carbocycles. The molecule has 3 aromatic rings. The van der Waals surface area contributed by atoms with Crippen molar-refractivity contribution in [3.8, 4) is 11.5 Å². The lowest BCUT2D eigenvalue weighted by Gasteiger charge is -2.29. The molecular formula is C28H30N2O6. The van der Waals surface area contributed by atoms with Gasteiger partial charge in [0.2, 0.25) is 5.76 Å².